The maximum Gasteiger partial charge on any atom is 0.222 e. The molecule has 0 N–H and O–H groups in total. The Morgan fingerprint density at radius 2 is 2.17 bits per heavy atom. The van der Waals surface area contributed by atoms with Gasteiger partial charge in [0.15, 0.2) is 0 Å². The van der Waals surface area contributed by atoms with E-state index in [0.29, 0.717) is 5.28 Å². The number of aryl methyl sites for hydroxylation is 2. The Morgan fingerprint density at radius 1 is 1.22 bits per heavy atom. The first kappa shape index (κ1) is 10.1. The first-order valence-electron chi connectivity index (χ1n) is 5.92. The van der Waals surface area contributed by atoms with Crippen molar-refractivity contribution in [3.8, 4) is 11.3 Å². The molecule has 3 heterocycles. The average molecular weight is 256 g/mol. The standard InChI is InChI=1S/C14H10ClN3/c15-14-16-6-4-12(17-14)11-8-18-7-5-9-2-1-3-10(11)13(9)18/h1-4,6,8H,5,7H2. The monoisotopic (exact) mass is 255 g/mol. The van der Waals surface area contributed by atoms with Crippen molar-refractivity contribution in [3.05, 3.63) is 47.5 Å². The molecule has 1 aromatic carbocycles. The molecule has 0 saturated carbocycles. The fourth-order valence-corrected chi connectivity index (χ4v) is 2.89. The summed E-state index contributed by atoms with van der Waals surface area (Å²) >= 11 is 5.87. The van der Waals surface area contributed by atoms with Crippen LogP contribution in [0.25, 0.3) is 22.2 Å². The summed E-state index contributed by atoms with van der Waals surface area (Å²) in [6.45, 7) is 1.05. The molecule has 0 aliphatic carbocycles. The van der Waals surface area contributed by atoms with Crippen LogP contribution >= 0.6 is 11.6 Å². The van der Waals surface area contributed by atoms with Gasteiger partial charge in [-0.1, -0.05) is 18.2 Å². The largest absolute Gasteiger partial charge is 0.346 e. The summed E-state index contributed by atoms with van der Waals surface area (Å²) in [5.41, 5.74) is 4.77. The summed E-state index contributed by atoms with van der Waals surface area (Å²) in [6, 6.07) is 8.35. The number of nitrogens with zero attached hydrogens (tertiary/aromatic N) is 3. The predicted molar refractivity (Wildman–Crippen MR) is 71.7 cm³/mol. The number of hydrogen-bond acceptors (Lipinski definition) is 2. The van der Waals surface area contributed by atoms with Crippen LogP contribution in [0.4, 0.5) is 0 Å². The lowest BCUT2D eigenvalue weighted by atomic mass is 10.1. The highest BCUT2D eigenvalue weighted by Gasteiger charge is 2.18. The lowest BCUT2D eigenvalue weighted by molar-refractivity contribution is 0.771. The number of benzene rings is 1. The van der Waals surface area contributed by atoms with E-state index in [9.17, 15) is 0 Å². The fraction of sp³-hybridized carbons (Fsp3) is 0.143. The fourth-order valence-electron chi connectivity index (χ4n) is 2.75. The van der Waals surface area contributed by atoms with Gasteiger partial charge in [-0.25, -0.2) is 9.97 Å². The van der Waals surface area contributed by atoms with Gasteiger partial charge in [0, 0.05) is 29.9 Å². The molecule has 0 atom stereocenters. The van der Waals surface area contributed by atoms with Gasteiger partial charge >= 0.3 is 0 Å². The molecule has 0 unspecified atom stereocenters. The van der Waals surface area contributed by atoms with Crippen LogP contribution in [-0.2, 0) is 13.0 Å². The van der Waals surface area contributed by atoms with Crippen molar-refractivity contribution in [1.82, 2.24) is 14.5 Å². The minimum atomic E-state index is 0.293. The normalized spacial score (nSPS) is 13.4. The summed E-state index contributed by atoms with van der Waals surface area (Å²) in [5.74, 6) is 0. The van der Waals surface area contributed by atoms with Gasteiger partial charge in [-0.15, -0.1) is 0 Å². The number of hydrogen-bond donors (Lipinski definition) is 0. The van der Waals surface area contributed by atoms with Crippen molar-refractivity contribution in [2.45, 2.75) is 13.0 Å². The highest BCUT2D eigenvalue weighted by Crippen LogP contribution is 2.34. The van der Waals surface area contributed by atoms with Gasteiger partial charge in [0.05, 0.1) is 11.2 Å². The van der Waals surface area contributed by atoms with Crippen molar-refractivity contribution in [2.24, 2.45) is 0 Å². The zero-order valence-corrected chi connectivity index (χ0v) is 10.4. The molecule has 0 amide bonds. The highest BCUT2D eigenvalue weighted by molar-refractivity contribution is 6.28. The van der Waals surface area contributed by atoms with Crippen LogP contribution in [0.3, 0.4) is 0 Å². The second-order valence-corrected chi connectivity index (χ2v) is 4.85. The summed E-state index contributed by atoms with van der Waals surface area (Å²) < 4.78 is 2.30. The molecule has 3 aromatic rings. The molecule has 3 nitrogen and oxygen atoms in total. The van der Waals surface area contributed by atoms with E-state index in [4.69, 9.17) is 11.6 Å². The van der Waals surface area contributed by atoms with E-state index in [1.807, 2.05) is 6.07 Å². The van der Waals surface area contributed by atoms with Gasteiger partial charge in [0.2, 0.25) is 5.28 Å². The van der Waals surface area contributed by atoms with Crippen LogP contribution in [0, 0.1) is 0 Å². The van der Waals surface area contributed by atoms with E-state index < -0.39 is 0 Å². The van der Waals surface area contributed by atoms with E-state index in [1.54, 1.807) is 6.20 Å². The minimum Gasteiger partial charge on any atom is -0.346 e. The molecule has 0 spiro atoms. The van der Waals surface area contributed by atoms with Crippen LogP contribution in [-0.4, -0.2) is 14.5 Å². The van der Waals surface area contributed by atoms with Crippen molar-refractivity contribution in [3.63, 3.8) is 0 Å². The van der Waals surface area contributed by atoms with E-state index in [2.05, 4.69) is 38.9 Å². The molecule has 0 fully saturated rings. The molecule has 0 bridgehead atoms. The van der Waals surface area contributed by atoms with Crippen LogP contribution < -0.4 is 0 Å². The number of aromatic nitrogens is 3. The first-order valence-corrected chi connectivity index (χ1v) is 6.30. The number of para-hydroxylation sites is 1. The van der Waals surface area contributed by atoms with Gasteiger partial charge < -0.3 is 4.57 Å². The van der Waals surface area contributed by atoms with Gasteiger partial charge in [-0.2, -0.15) is 0 Å². The summed E-state index contributed by atoms with van der Waals surface area (Å²) in [4.78, 5) is 8.23. The van der Waals surface area contributed by atoms with E-state index in [0.717, 1.165) is 24.2 Å². The maximum absolute atomic E-state index is 5.87. The second kappa shape index (κ2) is 3.56. The van der Waals surface area contributed by atoms with Gasteiger partial charge in [0.25, 0.3) is 0 Å². The van der Waals surface area contributed by atoms with E-state index in [1.165, 1.54) is 16.5 Å². The lowest BCUT2D eigenvalue weighted by Gasteiger charge is -2.00. The Labute approximate surface area is 109 Å². The molecule has 1 aliphatic rings. The highest BCUT2D eigenvalue weighted by atomic mass is 35.5. The first-order chi connectivity index (χ1) is 8.83. The quantitative estimate of drug-likeness (QED) is 0.625. The SMILES string of the molecule is Clc1nccc(-c2cn3c4c(cccc24)CC3)n1. The Kier molecular flexibility index (Phi) is 2.00. The van der Waals surface area contributed by atoms with Crippen molar-refractivity contribution in [2.75, 3.05) is 0 Å². The molecular weight excluding hydrogens is 246 g/mol. The van der Waals surface area contributed by atoms with E-state index >= 15 is 0 Å². The third-order valence-corrected chi connectivity index (χ3v) is 3.69. The van der Waals surface area contributed by atoms with Crippen LogP contribution in [0.1, 0.15) is 5.56 Å². The number of halogens is 1. The molecule has 2 aromatic heterocycles. The van der Waals surface area contributed by atoms with E-state index in [-0.39, 0.29) is 0 Å². The Morgan fingerprint density at radius 3 is 3.06 bits per heavy atom. The zero-order chi connectivity index (χ0) is 12.1. The maximum atomic E-state index is 5.87. The minimum absolute atomic E-state index is 0.293. The zero-order valence-electron chi connectivity index (χ0n) is 9.60. The third kappa shape index (κ3) is 1.31. The predicted octanol–water partition coefficient (Wildman–Crippen LogP) is 3.31. The summed E-state index contributed by atoms with van der Waals surface area (Å²) in [5, 5.41) is 1.54. The van der Waals surface area contributed by atoms with Crippen LogP contribution in [0.15, 0.2) is 36.7 Å². The molecular formula is C14H10ClN3. The topological polar surface area (TPSA) is 30.7 Å². The van der Waals surface area contributed by atoms with Gasteiger partial charge in [0.1, 0.15) is 0 Å². The average Bonchev–Trinajstić information content (AvgIpc) is 2.95. The Hall–Kier alpha value is -1.87. The molecule has 18 heavy (non-hydrogen) atoms. The molecule has 4 rings (SSSR count). The summed E-state index contributed by atoms with van der Waals surface area (Å²) in [7, 11) is 0. The Balaban J connectivity index is 2.05. The number of rotatable bonds is 1. The van der Waals surface area contributed by atoms with Crippen LogP contribution in [0.2, 0.25) is 5.28 Å². The van der Waals surface area contributed by atoms with Crippen molar-refractivity contribution >= 4 is 22.5 Å². The van der Waals surface area contributed by atoms with Crippen molar-refractivity contribution < 1.29 is 0 Å². The molecule has 4 heteroatoms. The molecule has 0 radical (unpaired) electrons. The van der Waals surface area contributed by atoms with Crippen LogP contribution in [0.5, 0.6) is 0 Å². The summed E-state index contributed by atoms with van der Waals surface area (Å²) in [6.07, 6.45) is 4.99. The second-order valence-electron chi connectivity index (χ2n) is 4.51. The van der Waals surface area contributed by atoms with Gasteiger partial charge in [-0.05, 0) is 29.7 Å². The third-order valence-electron chi connectivity index (χ3n) is 3.51. The molecule has 0 saturated heterocycles. The lowest BCUT2D eigenvalue weighted by Crippen LogP contribution is -1.89. The van der Waals surface area contributed by atoms with Gasteiger partial charge in [-0.3, -0.25) is 0 Å². The molecule has 88 valence electrons. The molecule has 1 aliphatic heterocycles. The smallest absolute Gasteiger partial charge is 0.222 e. The Bertz CT molecular complexity index is 761. The van der Waals surface area contributed by atoms with Crippen molar-refractivity contribution in [1.29, 1.82) is 0 Å².